The van der Waals surface area contributed by atoms with Gasteiger partial charge in [-0.25, -0.2) is 20.0 Å². The van der Waals surface area contributed by atoms with E-state index in [-0.39, 0.29) is 12.1 Å². The fourth-order valence-electron chi connectivity index (χ4n) is 2.95. The molecule has 0 atom stereocenters. The number of carbonyl (C=O) groups excluding carboxylic acids is 2. The highest BCUT2D eigenvalue weighted by molar-refractivity contribution is 5.93. The molecule has 0 unspecified atom stereocenters. The normalized spacial score (nSPS) is 20.2. The van der Waals surface area contributed by atoms with Gasteiger partial charge in [0.05, 0.1) is 5.69 Å². The van der Waals surface area contributed by atoms with Crippen LogP contribution in [-0.4, -0.2) is 41.4 Å². The number of para-hydroxylation sites is 1. The van der Waals surface area contributed by atoms with E-state index in [1.165, 1.54) is 5.01 Å². The number of piperidine rings is 1. The van der Waals surface area contributed by atoms with Crippen molar-refractivity contribution >= 4 is 17.8 Å². The summed E-state index contributed by atoms with van der Waals surface area (Å²) < 4.78 is 5.41. The number of nitrogens with zero attached hydrogens (tertiary/aromatic N) is 2. The third-order valence-electron chi connectivity index (χ3n) is 4.16. The van der Waals surface area contributed by atoms with E-state index in [9.17, 15) is 9.59 Å². The molecule has 1 aromatic rings. The van der Waals surface area contributed by atoms with E-state index in [1.807, 2.05) is 51.1 Å². The maximum atomic E-state index is 12.3. The largest absolute Gasteiger partial charge is 0.444 e. The first-order valence-corrected chi connectivity index (χ1v) is 8.21. The van der Waals surface area contributed by atoms with Crippen LogP contribution in [0.5, 0.6) is 0 Å². The quantitative estimate of drug-likeness (QED) is 0.828. The van der Waals surface area contributed by atoms with Gasteiger partial charge in [0, 0.05) is 25.9 Å². The average molecular weight is 332 g/mol. The summed E-state index contributed by atoms with van der Waals surface area (Å²) in [6, 6.07) is 9.27. The molecule has 0 aliphatic carbocycles. The first-order chi connectivity index (χ1) is 11.3. The van der Waals surface area contributed by atoms with Gasteiger partial charge in [-0.3, -0.25) is 0 Å². The fraction of sp³-hybridized carbons (Fsp3) is 0.529. The van der Waals surface area contributed by atoms with Crippen molar-refractivity contribution < 1.29 is 14.3 Å². The topological polar surface area (TPSA) is 73.9 Å². The Labute approximate surface area is 141 Å². The van der Waals surface area contributed by atoms with E-state index >= 15 is 0 Å². The predicted molar refractivity (Wildman–Crippen MR) is 90.4 cm³/mol. The molecule has 7 heteroatoms. The lowest BCUT2D eigenvalue weighted by Gasteiger charge is -2.39. The van der Waals surface area contributed by atoms with Gasteiger partial charge in [-0.2, -0.15) is 0 Å². The standard InChI is InChI=1S/C17H24N4O3/c1-16(2,3)24-15(23)20-11-9-17(10-12-20)18-14(22)21(19-17)13-7-5-4-6-8-13/h4-8,19H,9-12H2,1-3H3,(H,18,22). The molecule has 0 aromatic heterocycles. The lowest BCUT2D eigenvalue weighted by Crippen LogP contribution is -2.59. The van der Waals surface area contributed by atoms with Crippen LogP contribution in [0.15, 0.2) is 30.3 Å². The third-order valence-corrected chi connectivity index (χ3v) is 4.16. The zero-order chi connectivity index (χ0) is 17.4. The molecule has 7 nitrogen and oxygen atoms in total. The molecule has 2 aliphatic rings. The van der Waals surface area contributed by atoms with Crippen molar-refractivity contribution in [2.24, 2.45) is 0 Å². The maximum absolute atomic E-state index is 12.3. The van der Waals surface area contributed by atoms with Gasteiger partial charge in [-0.15, -0.1) is 0 Å². The number of hydrazine groups is 1. The van der Waals surface area contributed by atoms with Crippen LogP contribution in [0.1, 0.15) is 33.6 Å². The molecule has 2 heterocycles. The molecule has 0 radical (unpaired) electrons. The van der Waals surface area contributed by atoms with Crippen LogP contribution >= 0.6 is 0 Å². The first-order valence-electron chi connectivity index (χ1n) is 8.21. The summed E-state index contributed by atoms with van der Waals surface area (Å²) in [7, 11) is 0. The molecule has 24 heavy (non-hydrogen) atoms. The lowest BCUT2D eigenvalue weighted by atomic mass is 9.98. The van der Waals surface area contributed by atoms with Crippen LogP contribution in [-0.2, 0) is 4.74 Å². The minimum atomic E-state index is -0.508. The summed E-state index contributed by atoms with van der Waals surface area (Å²) in [4.78, 5) is 26.1. The molecule has 3 amide bonds. The van der Waals surface area contributed by atoms with E-state index in [0.717, 1.165) is 5.69 Å². The number of amides is 3. The second kappa shape index (κ2) is 5.98. The van der Waals surface area contributed by atoms with Crippen molar-refractivity contribution in [1.82, 2.24) is 15.6 Å². The monoisotopic (exact) mass is 332 g/mol. The zero-order valence-electron chi connectivity index (χ0n) is 14.3. The Bertz CT molecular complexity index is 618. The molecule has 0 saturated carbocycles. The average Bonchev–Trinajstić information content (AvgIpc) is 2.83. The van der Waals surface area contributed by atoms with Crippen molar-refractivity contribution in [3.05, 3.63) is 30.3 Å². The van der Waals surface area contributed by atoms with E-state index in [0.29, 0.717) is 25.9 Å². The number of likely N-dealkylation sites (tertiary alicyclic amines) is 1. The molecule has 0 bridgehead atoms. The Morgan fingerprint density at radius 2 is 1.79 bits per heavy atom. The van der Waals surface area contributed by atoms with Crippen LogP contribution in [0.2, 0.25) is 0 Å². The number of rotatable bonds is 1. The minimum Gasteiger partial charge on any atom is -0.444 e. The van der Waals surface area contributed by atoms with Crippen LogP contribution in [0.25, 0.3) is 0 Å². The molecule has 2 fully saturated rings. The van der Waals surface area contributed by atoms with E-state index in [4.69, 9.17) is 4.74 Å². The summed E-state index contributed by atoms with van der Waals surface area (Å²) in [5.74, 6) is 0. The van der Waals surface area contributed by atoms with E-state index in [2.05, 4.69) is 10.7 Å². The van der Waals surface area contributed by atoms with Crippen molar-refractivity contribution in [3.8, 4) is 0 Å². The highest BCUT2D eigenvalue weighted by atomic mass is 16.6. The number of anilines is 1. The van der Waals surface area contributed by atoms with Gasteiger partial charge in [0.2, 0.25) is 0 Å². The number of hydrogen-bond donors (Lipinski definition) is 2. The Morgan fingerprint density at radius 3 is 2.38 bits per heavy atom. The van der Waals surface area contributed by atoms with E-state index in [1.54, 1.807) is 4.90 Å². The molecule has 3 rings (SSSR count). The van der Waals surface area contributed by atoms with Crippen molar-refractivity contribution in [2.45, 2.75) is 44.9 Å². The van der Waals surface area contributed by atoms with Gasteiger partial charge in [-0.05, 0) is 32.9 Å². The number of benzene rings is 1. The second-order valence-electron chi connectivity index (χ2n) is 7.26. The number of ether oxygens (including phenoxy) is 1. The number of hydrogen-bond acceptors (Lipinski definition) is 4. The van der Waals surface area contributed by atoms with Gasteiger partial charge in [0.15, 0.2) is 0 Å². The molecule has 130 valence electrons. The van der Waals surface area contributed by atoms with Gasteiger partial charge in [-0.1, -0.05) is 18.2 Å². The third kappa shape index (κ3) is 3.46. The minimum absolute atomic E-state index is 0.174. The van der Waals surface area contributed by atoms with Crippen LogP contribution < -0.4 is 15.8 Å². The highest BCUT2D eigenvalue weighted by Crippen LogP contribution is 2.27. The van der Waals surface area contributed by atoms with Gasteiger partial charge < -0.3 is 15.0 Å². The predicted octanol–water partition coefficient (Wildman–Crippen LogP) is 2.45. The van der Waals surface area contributed by atoms with Crippen LogP contribution in [0.3, 0.4) is 0 Å². The molecule has 2 saturated heterocycles. The molecule has 2 aliphatic heterocycles. The van der Waals surface area contributed by atoms with Gasteiger partial charge in [0.25, 0.3) is 0 Å². The van der Waals surface area contributed by atoms with Crippen LogP contribution in [0, 0.1) is 0 Å². The smallest absolute Gasteiger partial charge is 0.410 e. The second-order valence-corrected chi connectivity index (χ2v) is 7.26. The Morgan fingerprint density at radius 1 is 1.17 bits per heavy atom. The fourth-order valence-corrected chi connectivity index (χ4v) is 2.95. The first kappa shape index (κ1) is 16.6. The summed E-state index contributed by atoms with van der Waals surface area (Å²) in [6.45, 7) is 6.63. The van der Waals surface area contributed by atoms with Crippen molar-refractivity contribution in [2.75, 3.05) is 18.1 Å². The summed E-state index contributed by atoms with van der Waals surface area (Å²) in [6.07, 6.45) is 0.949. The van der Waals surface area contributed by atoms with E-state index < -0.39 is 11.3 Å². The van der Waals surface area contributed by atoms with Crippen LogP contribution in [0.4, 0.5) is 15.3 Å². The number of nitrogens with one attached hydrogen (secondary N) is 2. The Kier molecular flexibility index (Phi) is 4.13. The summed E-state index contributed by atoms with van der Waals surface area (Å²) in [5.41, 5.74) is 3.05. The number of carbonyl (C=O) groups is 2. The lowest BCUT2D eigenvalue weighted by molar-refractivity contribution is 0.0147. The summed E-state index contributed by atoms with van der Waals surface area (Å²) in [5, 5.41) is 4.55. The maximum Gasteiger partial charge on any atom is 0.410 e. The zero-order valence-corrected chi connectivity index (χ0v) is 14.3. The SMILES string of the molecule is CC(C)(C)OC(=O)N1CCC2(CC1)NC(=O)N(c1ccccc1)N2. The van der Waals surface area contributed by atoms with Crippen molar-refractivity contribution in [1.29, 1.82) is 0 Å². The molecule has 1 spiro atoms. The van der Waals surface area contributed by atoms with Gasteiger partial charge >= 0.3 is 12.1 Å². The molecule has 1 aromatic carbocycles. The van der Waals surface area contributed by atoms with Crippen molar-refractivity contribution in [3.63, 3.8) is 0 Å². The molecular weight excluding hydrogens is 308 g/mol. The molecular formula is C17H24N4O3. The number of urea groups is 1. The van der Waals surface area contributed by atoms with Gasteiger partial charge in [0.1, 0.15) is 11.3 Å². The summed E-state index contributed by atoms with van der Waals surface area (Å²) >= 11 is 0. The molecule has 2 N–H and O–H groups in total. The highest BCUT2D eigenvalue weighted by Gasteiger charge is 2.45. The Hall–Kier alpha value is -2.28. The Balaban J connectivity index is 1.62.